The molecular formula is C13H9BrN2O. The number of rotatable bonds is 1. The molecule has 3 nitrogen and oxygen atoms in total. The van der Waals surface area contributed by atoms with Crippen molar-refractivity contribution in [2.24, 2.45) is 0 Å². The predicted octanol–water partition coefficient (Wildman–Crippen LogP) is 3.06. The molecule has 2 aromatic heterocycles. The average molecular weight is 289 g/mol. The smallest absolute Gasteiger partial charge is 0.183 e. The van der Waals surface area contributed by atoms with E-state index in [4.69, 9.17) is 0 Å². The van der Waals surface area contributed by atoms with Crippen LogP contribution in [0, 0.1) is 0 Å². The van der Waals surface area contributed by atoms with Crippen molar-refractivity contribution < 1.29 is 0 Å². The lowest BCUT2D eigenvalue weighted by molar-refractivity contribution is 1.18. The number of nitrogens with zero attached hydrogens (tertiary/aromatic N) is 1. The molecule has 2 heterocycles. The summed E-state index contributed by atoms with van der Waals surface area (Å²) in [6.07, 6.45) is 3.68. The van der Waals surface area contributed by atoms with Crippen molar-refractivity contribution in [1.82, 2.24) is 9.38 Å². The summed E-state index contributed by atoms with van der Waals surface area (Å²) in [4.78, 5) is 14.3. The van der Waals surface area contributed by atoms with Crippen LogP contribution in [0.3, 0.4) is 0 Å². The summed E-state index contributed by atoms with van der Waals surface area (Å²) in [7, 11) is 0. The standard InChI is InChI=1S/C13H9BrN2O/c14-10-3-1-9(2-4-10)12-8-15-13-7-11(17)5-6-16(12)13/h1-8,15H. The molecule has 0 radical (unpaired) electrons. The minimum Gasteiger partial charge on any atom is -0.346 e. The molecule has 0 atom stereocenters. The zero-order valence-electron chi connectivity index (χ0n) is 8.85. The summed E-state index contributed by atoms with van der Waals surface area (Å²) in [5.74, 6) is 0. The van der Waals surface area contributed by atoms with Crippen molar-refractivity contribution in [3.8, 4) is 11.3 Å². The number of benzene rings is 1. The number of H-pyrrole nitrogens is 1. The first-order valence-electron chi connectivity index (χ1n) is 5.20. The number of fused-ring (bicyclic) bond motifs is 1. The van der Waals surface area contributed by atoms with Crippen molar-refractivity contribution >= 4 is 21.6 Å². The number of aromatic nitrogens is 2. The highest BCUT2D eigenvalue weighted by atomic mass is 79.9. The predicted molar refractivity (Wildman–Crippen MR) is 71.2 cm³/mol. The third kappa shape index (κ3) is 1.80. The SMILES string of the molecule is O=c1ccn2c(-c3ccc(Br)cc3)c[nH]c2c1. The first kappa shape index (κ1) is 10.4. The summed E-state index contributed by atoms with van der Waals surface area (Å²) in [5, 5.41) is 0. The summed E-state index contributed by atoms with van der Waals surface area (Å²) in [6.45, 7) is 0. The van der Waals surface area contributed by atoms with E-state index in [1.54, 1.807) is 18.3 Å². The third-order valence-corrected chi connectivity index (χ3v) is 3.21. The Morgan fingerprint density at radius 2 is 1.88 bits per heavy atom. The topological polar surface area (TPSA) is 37.3 Å². The zero-order valence-corrected chi connectivity index (χ0v) is 10.4. The van der Waals surface area contributed by atoms with Crippen LogP contribution in [0.4, 0.5) is 0 Å². The first-order valence-corrected chi connectivity index (χ1v) is 5.99. The Morgan fingerprint density at radius 3 is 2.65 bits per heavy atom. The number of pyridine rings is 1. The van der Waals surface area contributed by atoms with E-state index in [-0.39, 0.29) is 5.43 Å². The Balaban J connectivity index is 2.24. The fourth-order valence-corrected chi connectivity index (χ4v) is 2.12. The summed E-state index contributed by atoms with van der Waals surface area (Å²) >= 11 is 3.41. The van der Waals surface area contributed by atoms with Gasteiger partial charge in [-0.1, -0.05) is 28.1 Å². The molecule has 3 aromatic rings. The molecule has 3 rings (SSSR count). The van der Waals surface area contributed by atoms with Gasteiger partial charge in [-0.05, 0) is 12.1 Å². The number of halogens is 1. The van der Waals surface area contributed by atoms with Gasteiger partial charge in [-0.25, -0.2) is 0 Å². The molecule has 0 saturated carbocycles. The van der Waals surface area contributed by atoms with Crippen LogP contribution in [-0.2, 0) is 0 Å². The number of hydrogen-bond acceptors (Lipinski definition) is 1. The quantitative estimate of drug-likeness (QED) is 0.734. The van der Waals surface area contributed by atoms with Gasteiger partial charge < -0.3 is 9.38 Å². The normalized spacial score (nSPS) is 10.9. The lowest BCUT2D eigenvalue weighted by Crippen LogP contribution is -1.99. The van der Waals surface area contributed by atoms with Gasteiger partial charge in [0.15, 0.2) is 5.43 Å². The van der Waals surface area contributed by atoms with E-state index in [0.29, 0.717) is 0 Å². The number of aromatic amines is 1. The van der Waals surface area contributed by atoms with Gasteiger partial charge in [0.05, 0.1) is 5.69 Å². The first-order chi connectivity index (χ1) is 8.24. The van der Waals surface area contributed by atoms with Crippen LogP contribution in [0.25, 0.3) is 16.9 Å². The maximum absolute atomic E-state index is 11.2. The van der Waals surface area contributed by atoms with Gasteiger partial charge in [0.1, 0.15) is 5.65 Å². The molecule has 84 valence electrons. The molecule has 0 aliphatic heterocycles. The molecule has 4 heteroatoms. The lowest BCUT2D eigenvalue weighted by atomic mass is 10.2. The van der Waals surface area contributed by atoms with E-state index in [1.807, 2.05) is 34.9 Å². The molecule has 0 fully saturated rings. The van der Waals surface area contributed by atoms with Crippen molar-refractivity contribution in [3.05, 3.63) is 63.5 Å². The number of hydrogen-bond donors (Lipinski definition) is 1. The van der Waals surface area contributed by atoms with Crippen LogP contribution in [0.1, 0.15) is 0 Å². The molecule has 0 saturated heterocycles. The van der Waals surface area contributed by atoms with E-state index in [1.165, 1.54) is 0 Å². The van der Waals surface area contributed by atoms with Gasteiger partial charge in [-0.2, -0.15) is 0 Å². The molecule has 1 N–H and O–H groups in total. The molecule has 0 bridgehead atoms. The number of imidazole rings is 1. The van der Waals surface area contributed by atoms with Crippen LogP contribution in [-0.4, -0.2) is 9.38 Å². The van der Waals surface area contributed by atoms with Gasteiger partial charge in [0, 0.05) is 34.6 Å². The number of nitrogens with one attached hydrogen (secondary N) is 1. The summed E-state index contributed by atoms with van der Waals surface area (Å²) < 4.78 is 3.01. The van der Waals surface area contributed by atoms with E-state index in [0.717, 1.165) is 21.4 Å². The van der Waals surface area contributed by atoms with Crippen LogP contribution in [0.5, 0.6) is 0 Å². The molecule has 0 aliphatic rings. The molecule has 17 heavy (non-hydrogen) atoms. The monoisotopic (exact) mass is 288 g/mol. The van der Waals surface area contributed by atoms with Gasteiger partial charge in [-0.3, -0.25) is 4.79 Å². The van der Waals surface area contributed by atoms with E-state index < -0.39 is 0 Å². The van der Waals surface area contributed by atoms with Gasteiger partial charge in [0.25, 0.3) is 0 Å². The Hall–Kier alpha value is -1.81. The molecule has 0 spiro atoms. The Morgan fingerprint density at radius 1 is 1.12 bits per heavy atom. The highest BCUT2D eigenvalue weighted by molar-refractivity contribution is 9.10. The lowest BCUT2D eigenvalue weighted by Gasteiger charge is -2.01. The molecule has 0 amide bonds. The molecule has 0 unspecified atom stereocenters. The Kier molecular flexibility index (Phi) is 2.37. The molecule has 1 aromatic carbocycles. The van der Waals surface area contributed by atoms with Crippen molar-refractivity contribution in [2.75, 3.05) is 0 Å². The Labute approximate surface area is 106 Å². The van der Waals surface area contributed by atoms with Crippen molar-refractivity contribution in [1.29, 1.82) is 0 Å². The summed E-state index contributed by atoms with van der Waals surface area (Å²) in [5.41, 5.74) is 2.94. The highest BCUT2D eigenvalue weighted by Crippen LogP contribution is 2.22. The summed E-state index contributed by atoms with van der Waals surface area (Å²) in [6, 6.07) is 11.2. The second-order valence-electron chi connectivity index (χ2n) is 3.80. The molecule has 0 aliphatic carbocycles. The fraction of sp³-hybridized carbons (Fsp3) is 0. The maximum Gasteiger partial charge on any atom is 0.183 e. The fourth-order valence-electron chi connectivity index (χ4n) is 1.86. The molecular weight excluding hydrogens is 280 g/mol. The third-order valence-electron chi connectivity index (χ3n) is 2.68. The highest BCUT2D eigenvalue weighted by Gasteiger charge is 2.04. The second kappa shape index (κ2) is 3.89. The van der Waals surface area contributed by atoms with Crippen LogP contribution in [0.15, 0.2) is 58.1 Å². The van der Waals surface area contributed by atoms with E-state index in [9.17, 15) is 4.79 Å². The van der Waals surface area contributed by atoms with Gasteiger partial charge in [0.2, 0.25) is 0 Å². The largest absolute Gasteiger partial charge is 0.346 e. The zero-order chi connectivity index (χ0) is 11.8. The minimum absolute atomic E-state index is 0.00852. The second-order valence-corrected chi connectivity index (χ2v) is 4.71. The Bertz CT molecular complexity index is 725. The van der Waals surface area contributed by atoms with E-state index in [2.05, 4.69) is 20.9 Å². The van der Waals surface area contributed by atoms with Gasteiger partial charge in [-0.15, -0.1) is 0 Å². The minimum atomic E-state index is 0.00852. The van der Waals surface area contributed by atoms with Crippen molar-refractivity contribution in [3.63, 3.8) is 0 Å². The van der Waals surface area contributed by atoms with E-state index >= 15 is 0 Å². The van der Waals surface area contributed by atoms with Crippen LogP contribution < -0.4 is 5.43 Å². The maximum atomic E-state index is 11.2. The van der Waals surface area contributed by atoms with Gasteiger partial charge >= 0.3 is 0 Å². The van der Waals surface area contributed by atoms with Crippen molar-refractivity contribution in [2.45, 2.75) is 0 Å². The average Bonchev–Trinajstić information content (AvgIpc) is 2.73. The van der Waals surface area contributed by atoms with Crippen LogP contribution in [0.2, 0.25) is 0 Å². The van der Waals surface area contributed by atoms with Crippen LogP contribution >= 0.6 is 15.9 Å².